The predicted octanol–water partition coefficient (Wildman–Crippen LogP) is 13.1. The second kappa shape index (κ2) is 14.0. The monoisotopic (exact) mass is 701 g/mol. The lowest BCUT2D eigenvalue weighted by Gasteiger charge is -2.12. The molecule has 1 heterocycles. The minimum atomic E-state index is 0.655. The van der Waals surface area contributed by atoms with Gasteiger partial charge in [-0.15, -0.1) is 0 Å². The van der Waals surface area contributed by atoms with Crippen LogP contribution in [-0.4, -0.2) is 15.0 Å². The largest absolute Gasteiger partial charge is 0.208 e. The zero-order valence-electron chi connectivity index (χ0n) is 30.1. The molecule has 0 saturated heterocycles. The number of aromatic nitrogens is 3. The number of hydrogen-bond donors (Lipinski definition) is 0. The van der Waals surface area contributed by atoms with Crippen molar-refractivity contribution < 1.29 is 0 Å². The van der Waals surface area contributed by atoms with Gasteiger partial charge in [0.05, 0.1) is 0 Å². The van der Waals surface area contributed by atoms with Crippen LogP contribution in [0.25, 0.3) is 89.8 Å². The Morgan fingerprint density at radius 1 is 0.236 bits per heavy atom. The highest BCUT2D eigenvalue weighted by molar-refractivity contribution is 5.90. The van der Waals surface area contributed by atoms with Crippen molar-refractivity contribution in [3.05, 3.63) is 211 Å². The number of benzene rings is 8. The second-order valence-corrected chi connectivity index (χ2v) is 14.0. The molecule has 8 aromatic carbocycles. The molecule has 9 aromatic rings. The van der Waals surface area contributed by atoms with Gasteiger partial charge in [0, 0.05) is 16.7 Å². The molecule has 3 heteroatoms. The first kappa shape index (κ1) is 32.4. The van der Waals surface area contributed by atoms with Crippen LogP contribution in [0.1, 0.15) is 11.1 Å². The van der Waals surface area contributed by atoms with Crippen LogP contribution in [0.5, 0.6) is 0 Å². The Morgan fingerprint density at radius 2 is 0.564 bits per heavy atom. The summed E-state index contributed by atoms with van der Waals surface area (Å²) >= 11 is 0. The summed E-state index contributed by atoms with van der Waals surface area (Å²) < 4.78 is 0. The fourth-order valence-corrected chi connectivity index (χ4v) is 7.89. The van der Waals surface area contributed by atoms with Crippen molar-refractivity contribution >= 4 is 0 Å². The minimum absolute atomic E-state index is 0.655. The molecule has 1 aliphatic carbocycles. The van der Waals surface area contributed by atoms with Gasteiger partial charge in [-0.05, 0) is 85.3 Å². The Morgan fingerprint density at radius 3 is 1.07 bits per heavy atom. The normalized spacial score (nSPS) is 11.6. The molecule has 0 atom stereocenters. The van der Waals surface area contributed by atoms with Crippen LogP contribution < -0.4 is 0 Å². The van der Waals surface area contributed by atoms with Gasteiger partial charge in [0.15, 0.2) is 17.5 Å². The van der Waals surface area contributed by atoms with Gasteiger partial charge in [-0.3, -0.25) is 0 Å². The molecule has 1 aromatic heterocycles. The van der Waals surface area contributed by atoms with Crippen molar-refractivity contribution in [2.24, 2.45) is 0 Å². The zero-order chi connectivity index (χ0) is 36.6. The topological polar surface area (TPSA) is 38.7 Å². The van der Waals surface area contributed by atoms with E-state index in [0.717, 1.165) is 28.7 Å². The molecule has 10 rings (SSSR count). The summed E-state index contributed by atoms with van der Waals surface area (Å²) in [6.07, 6.45) is 0.860. The van der Waals surface area contributed by atoms with Gasteiger partial charge in [-0.1, -0.05) is 188 Å². The maximum atomic E-state index is 5.01. The third-order valence-corrected chi connectivity index (χ3v) is 10.6. The van der Waals surface area contributed by atoms with Gasteiger partial charge in [0.1, 0.15) is 0 Å². The molecule has 0 saturated carbocycles. The van der Waals surface area contributed by atoms with Crippen LogP contribution in [0.3, 0.4) is 0 Å². The summed E-state index contributed by atoms with van der Waals surface area (Å²) in [6.45, 7) is 0. The fraction of sp³-hybridized carbons (Fsp3) is 0.0192. The van der Waals surface area contributed by atoms with Crippen molar-refractivity contribution in [1.82, 2.24) is 15.0 Å². The molecule has 258 valence electrons. The molecule has 0 spiro atoms. The first-order valence-corrected chi connectivity index (χ1v) is 18.7. The Bertz CT molecular complexity index is 2750. The zero-order valence-corrected chi connectivity index (χ0v) is 30.1. The minimum Gasteiger partial charge on any atom is -0.208 e. The number of rotatable bonds is 7. The maximum Gasteiger partial charge on any atom is 0.164 e. The van der Waals surface area contributed by atoms with E-state index in [1.54, 1.807) is 0 Å². The second-order valence-electron chi connectivity index (χ2n) is 14.0. The molecule has 0 unspecified atom stereocenters. The van der Waals surface area contributed by atoms with Crippen molar-refractivity contribution in [3.8, 4) is 89.8 Å². The molecule has 0 fully saturated rings. The molecule has 3 nitrogen and oxygen atoms in total. The molecular weight excluding hydrogens is 667 g/mol. The molecular formula is C52H35N3. The van der Waals surface area contributed by atoms with Crippen LogP contribution in [0.2, 0.25) is 0 Å². The van der Waals surface area contributed by atoms with E-state index in [4.69, 9.17) is 15.0 Å². The Balaban J connectivity index is 0.997. The lowest BCUT2D eigenvalue weighted by Crippen LogP contribution is -2.00. The first-order valence-electron chi connectivity index (χ1n) is 18.7. The van der Waals surface area contributed by atoms with E-state index >= 15 is 0 Å². The van der Waals surface area contributed by atoms with Gasteiger partial charge in [-0.2, -0.15) is 0 Å². The van der Waals surface area contributed by atoms with E-state index in [1.807, 2.05) is 60.7 Å². The third-order valence-electron chi connectivity index (χ3n) is 10.6. The van der Waals surface area contributed by atoms with Gasteiger partial charge < -0.3 is 0 Å². The van der Waals surface area contributed by atoms with E-state index < -0.39 is 0 Å². The van der Waals surface area contributed by atoms with E-state index in [-0.39, 0.29) is 0 Å². The number of hydrogen-bond acceptors (Lipinski definition) is 3. The highest BCUT2D eigenvalue weighted by Gasteiger charge is 2.25. The van der Waals surface area contributed by atoms with Crippen LogP contribution in [-0.2, 0) is 6.42 Å². The SMILES string of the molecule is c1ccc(-c2ccc(-c3cccc(-c4cccc5c4Cc4c(-c6cccc(-c7nc(-c8ccccc8)nc(-c8ccccc8)n7)c6)cccc4-5)c3)cc2)cc1. The van der Waals surface area contributed by atoms with Gasteiger partial charge in [-0.25, -0.2) is 15.0 Å². The summed E-state index contributed by atoms with van der Waals surface area (Å²) in [7, 11) is 0. The summed E-state index contributed by atoms with van der Waals surface area (Å²) in [5.74, 6) is 1.97. The Hall–Kier alpha value is -7.23. The van der Waals surface area contributed by atoms with Crippen LogP contribution in [0.15, 0.2) is 200 Å². The molecule has 1 aliphatic rings. The molecule has 0 aliphatic heterocycles. The van der Waals surface area contributed by atoms with Crippen molar-refractivity contribution in [1.29, 1.82) is 0 Å². The summed E-state index contributed by atoms with van der Waals surface area (Å²) in [6, 6.07) is 70.8. The first-order chi connectivity index (χ1) is 27.2. The smallest absolute Gasteiger partial charge is 0.164 e. The van der Waals surface area contributed by atoms with E-state index in [9.17, 15) is 0 Å². The maximum absolute atomic E-state index is 5.01. The van der Waals surface area contributed by atoms with Crippen molar-refractivity contribution in [2.45, 2.75) is 6.42 Å². The predicted molar refractivity (Wildman–Crippen MR) is 226 cm³/mol. The van der Waals surface area contributed by atoms with Gasteiger partial charge in [0.25, 0.3) is 0 Å². The number of fused-ring (bicyclic) bond motifs is 3. The number of nitrogens with zero attached hydrogens (tertiary/aromatic N) is 3. The quantitative estimate of drug-likeness (QED) is 0.166. The average Bonchev–Trinajstić information content (AvgIpc) is 3.67. The lowest BCUT2D eigenvalue weighted by atomic mass is 9.93. The van der Waals surface area contributed by atoms with Crippen molar-refractivity contribution in [3.63, 3.8) is 0 Å². The molecule has 0 radical (unpaired) electrons. The third kappa shape index (κ3) is 6.22. The standard InChI is InChI=1S/C52H35N3/c1-4-14-35(15-5-1)36-28-30-37(31-29-36)40-20-10-21-41(32-40)44-24-12-26-46-47-27-13-25-45(49(47)34-48(44)46)42-22-11-23-43(33-42)52-54-50(38-16-6-2-7-17-38)53-51(55-52)39-18-8-3-9-19-39/h1-33H,34H2. The van der Waals surface area contributed by atoms with E-state index in [1.165, 1.54) is 61.2 Å². The summed E-state index contributed by atoms with van der Waals surface area (Å²) in [4.78, 5) is 14.9. The molecule has 0 amide bonds. The highest BCUT2D eigenvalue weighted by atomic mass is 15.0. The van der Waals surface area contributed by atoms with Crippen LogP contribution in [0, 0.1) is 0 Å². The average molecular weight is 702 g/mol. The summed E-state index contributed by atoms with van der Waals surface area (Å²) in [5.41, 5.74) is 18.0. The lowest BCUT2D eigenvalue weighted by molar-refractivity contribution is 1.07. The summed E-state index contributed by atoms with van der Waals surface area (Å²) in [5, 5.41) is 0. The highest BCUT2D eigenvalue weighted by Crippen LogP contribution is 2.46. The molecule has 0 bridgehead atoms. The van der Waals surface area contributed by atoms with Gasteiger partial charge in [0.2, 0.25) is 0 Å². The molecule has 0 N–H and O–H groups in total. The van der Waals surface area contributed by atoms with Gasteiger partial charge >= 0.3 is 0 Å². The van der Waals surface area contributed by atoms with Crippen molar-refractivity contribution in [2.75, 3.05) is 0 Å². The fourth-order valence-electron chi connectivity index (χ4n) is 7.89. The molecule has 55 heavy (non-hydrogen) atoms. The Kier molecular flexibility index (Phi) is 8.23. The Labute approximate surface area is 321 Å². The van der Waals surface area contributed by atoms with Crippen LogP contribution in [0.4, 0.5) is 0 Å². The van der Waals surface area contributed by atoms with Crippen LogP contribution >= 0.6 is 0 Å². The van der Waals surface area contributed by atoms with E-state index in [0.29, 0.717) is 17.5 Å². The van der Waals surface area contributed by atoms with E-state index in [2.05, 4.69) is 140 Å².